The first-order chi connectivity index (χ1) is 10.7. The Labute approximate surface area is 127 Å². The lowest BCUT2D eigenvalue weighted by molar-refractivity contribution is 0.576. The van der Waals surface area contributed by atoms with Gasteiger partial charge in [0.15, 0.2) is 5.43 Å². The van der Waals surface area contributed by atoms with E-state index in [4.69, 9.17) is 4.42 Å². The Bertz CT molecular complexity index is 967. The predicted octanol–water partition coefficient (Wildman–Crippen LogP) is 4.12. The monoisotopic (exact) mass is 289 g/mol. The Kier molecular flexibility index (Phi) is 2.93. The summed E-state index contributed by atoms with van der Waals surface area (Å²) in [6, 6.07) is 9.68. The molecule has 108 valence electrons. The zero-order valence-corrected chi connectivity index (χ0v) is 12.3. The van der Waals surface area contributed by atoms with Crippen molar-refractivity contribution >= 4 is 17.0 Å². The van der Waals surface area contributed by atoms with E-state index in [0.29, 0.717) is 16.7 Å². The van der Waals surface area contributed by atoms with E-state index >= 15 is 0 Å². The van der Waals surface area contributed by atoms with Crippen LogP contribution < -0.4 is 5.43 Å². The quantitative estimate of drug-likeness (QED) is 0.676. The summed E-state index contributed by atoms with van der Waals surface area (Å²) in [7, 11) is 0. The lowest BCUT2D eigenvalue weighted by Gasteiger charge is -2.10. The number of allylic oxidation sites excluding steroid dienone is 1. The van der Waals surface area contributed by atoms with Crippen LogP contribution in [0.4, 0.5) is 0 Å². The van der Waals surface area contributed by atoms with Gasteiger partial charge in [0.05, 0.1) is 11.1 Å². The number of hydrogen-bond acceptors (Lipinski definition) is 3. The average Bonchev–Trinajstić information content (AvgIpc) is 2.55. The van der Waals surface area contributed by atoms with Crippen LogP contribution in [0.15, 0.2) is 51.8 Å². The highest BCUT2D eigenvalue weighted by Crippen LogP contribution is 2.25. The van der Waals surface area contributed by atoms with Crippen molar-refractivity contribution < 1.29 is 4.42 Å². The minimum absolute atomic E-state index is 0.0788. The van der Waals surface area contributed by atoms with Crippen LogP contribution in [0.5, 0.6) is 0 Å². The summed E-state index contributed by atoms with van der Waals surface area (Å²) in [5, 5.41) is 0.634. The van der Waals surface area contributed by atoms with Gasteiger partial charge in [-0.05, 0) is 61.7 Å². The predicted molar refractivity (Wildman–Crippen MR) is 87.8 cm³/mol. The maximum absolute atomic E-state index is 12.7. The van der Waals surface area contributed by atoms with Crippen molar-refractivity contribution in [2.24, 2.45) is 0 Å². The molecule has 0 spiro atoms. The molecule has 0 unspecified atom stereocenters. The molecule has 0 N–H and O–H groups in total. The van der Waals surface area contributed by atoms with E-state index < -0.39 is 0 Å². The Hall–Kier alpha value is -2.68. The SMILES string of the molecule is Cc1ccnc(-c2ccc3oc4c(c(=O)c3c2)CCC=C4)c1. The number of aryl methyl sites for hydroxylation is 1. The van der Waals surface area contributed by atoms with E-state index in [1.165, 1.54) is 0 Å². The second-order valence-electron chi connectivity index (χ2n) is 5.64. The molecule has 0 saturated heterocycles. The van der Waals surface area contributed by atoms with E-state index in [2.05, 4.69) is 4.98 Å². The van der Waals surface area contributed by atoms with Crippen LogP contribution in [0.1, 0.15) is 23.3 Å². The summed E-state index contributed by atoms with van der Waals surface area (Å²) in [5.74, 6) is 0.699. The van der Waals surface area contributed by atoms with E-state index in [-0.39, 0.29) is 5.43 Å². The number of fused-ring (bicyclic) bond motifs is 2. The number of nitrogens with zero attached hydrogens (tertiary/aromatic N) is 1. The molecule has 3 heteroatoms. The van der Waals surface area contributed by atoms with Gasteiger partial charge in [-0.1, -0.05) is 6.08 Å². The number of benzene rings is 1. The first-order valence-corrected chi connectivity index (χ1v) is 7.42. The molecular weight excluding hydrogens is 274 g/mol. The minimum atomic E-state index is 0.0788. The van der Waals surface area contributed by atoms with Gasteiger partial charge in [0.1, 0.15) is 11.3 Å². The van der Waals surface area contributed by atoms with Crippen molar-refractivity contribution in [3.8, 4) is 11.3 Å². The zero-order valence-electron chi connectivity index (χ0n) is 12.3. The standard InChI is InChI=1S/C19H15NO2/c1-12-8-9-20-16(10-12)13-6-7-18-15(11-13)19(21)14-4-2-3-5-17(14)22-18/h3,5-11H,2,4H2,1H3. The van der Waals surface area contributed by atoms with Crippen molar-refractivity contribution in [1.82, 2.24) is 4.98 Å². The van der Waals surface area contributed by atoms with Gasteiger partial charge in [0.2, 0.25) is 0 Å². The van der Waals surface area contributed by atoms with Gasteiger partial charge >= 0.3 is 0 Å². The molecule has 0 aliphatic heterocycles. The summed E-state index contributed by atoms with van der Waals surface area (Å²) in [6.07, 6.45) is 7.37. The molecular formula is C19H15NO2. The molecule has 2 heterocycles. The number of rotatable bonds is 1. The Morgan fingerprint density at radius 3 is 2.95 bits per heavy atom. The van der Waals surface area contributed by atoms with Gasteiger partial charge in [-0.15, -0.1) is 0 Å². The van der Waals surface area contributed by atoms with Gasteiger partial charge in [-0.25, -0.2) is 0 Å². The summed E-state index contributed by atoms with van der Waals surface area (Å²) >= 11 is 0. The first-order valence-electron chi connectivity index (χ1n) is 7.42. The molecule has 0 saturated carbocycles. The van der Waals surface area contributed by atoms with E-state index in [1.54, 1.807) is 6.20 Å². The second kappa shape index (κ2) is 4.95. The van der Waals surface area contributed by atoms with Crippen molar-refractivity contribution in [1.29, 1.82) is 0 Å². The Morgan fingerprint density at radius 1 is 1.18 bits per heavy atom. The Balaban J connectivity index is 1.96. The molecule has 3 nitrogen and oxygen atoms in total. The van der Waals surface area contributed by atoms with E-state index in [0.717, 1.165) is 35.2 Å². The lowest BCUT2D eigenvalue weighted by atomic mass is 9.99. The van der Waals surface area contributed by atoms with Crippen molar-refractivity contribution in [3.63, 3.8) is 0 Å². The molecule has 22 heavy (non-hydrogen) atoms. The largest absolute Gasteiger partial charge is 0.456 e. The second-order valence-corrected chi connectivity index (χ2v) is 5.64. The third-order valence-electron chi connectivity index (χ3n) is 4.06. The molecule has 0 atom stereocenters. The van der Waals surface area contributed by atoms with Crippen LogP contribution in [0.2, 0.25) is 0 Å². The smallest absolute Gasteiger partial charge is 0.196 e. The van der Waals surface area contributed by atoms with Gasteiger partial charge in [-0.2, -0.15) is 0 Å². The van der Waals surface area contributed by atoms with Crippen molar-refractivity contribution in [2.75, 3.05) is 0 Å². The van der Waals surface area contributed by atoms with Crippen LogP contribution in [-0.2, 0) is 6.42 Å². The molecule has 0 fully saturated rings. The van der Waals surface area contributed by atoms with Gasteiger partial charge < -0.3 is 4.42 Å². The fourth-order valence-electron chi connectivity index (χ4n) is 2.89. The topological polar surface area (TPSA) is 43.1 Å². The van der Waals surface area contributed by atoms with Gasteiger partial charge in [0, 0.05) is 17.3 Å². The normalized spacial score (nSPS) is 13.3. The van der Waals surface area contributed by atoms with Gasteiger partial charge in [-0.3, -0.25) is 9.78 Å². The summed E-state index contributed by atoms with van der Waals surface area (Å²) in [6.45, 7) is 2.03. The first kappa shape index (κ1) is 13.0. The van der Waals surface area contributed by atoms with E-state index in [9.17, 15) is 4.79 Å². The van der Waals surface area contributed by atoms with Crippen LogP contribution in [0, 0.1) is 6.92 Å². The third-order valence-corrected chi connectivity index (χ3v) is 4.06. The fraction of sp³-hybridized carbons (Fsp3) is 0.158. The summed E-state index contributed by atoms with van der Waals surface area (Å²) in [4.78, 5) is 17.1. The summed E-state index contributed by atoms with van der Waals surface area (Å²) in [5.41, 5.74) is 4.45. The molecule has 2 aromatic heterocycles. The average molecular weight is 289 g/mol. The molecule has 0 bridgehead atoms. The molecule has 1 aliphatic rings. The summed E-state index contributed by atoms with van der Waals surface area (Å²) < 4.78 is 5.87. The van der Waals surface area contributed by atoms with Crippen LogP contribution in [0.25, 0.3) is 28.3 Å². The molecule has 1 aliphatic carbocycles. The van der Waals surface area contributed by atoms with Crippen LogP contribution in [0.3, 0.4) is 0 Å². The van der Waals surface area contributed by atoms with Crippen LogP contribution in [-0.4, -0.2) is 4.98 Å². The van der Waals surface area contributed by atoms with E-state index in [1.807, 2.05) is 49.4 Å². The lowest BCUT2D eigenvalue weighted by Crippen LogP contribution is -2.13. The van der Waals surface area contributed by atoms with Crippen molar-refractivity contribution in [2.45, 2.75) is 19.8 Å². The molecule has 0 radical (unpaired) electrons. The highest BCUT2D eigenvalue weighted by Gasteiger charge is 2.15. The minimum Gasteiger partial charge on any atom is -0.456 e. The highest BCUT2D eigenvalue weighted by molar-refractivity contribution is 5.83. The number of pyridine rings is 1. The third kappa shape index (κ3) is 2.06. The maximum atomic E-state index is 12.7. The highest BCUT2D eigenvalue weighted by atomic mass is 16.3. The maximum Gasteiger partial charge on any atom is 0.196 e. The molecule has 1 aromatic carbocycles. The number of aromatic nitrogens is 1. The van der Waals surface area contributed by atoms with Gasteiger partial charge in [0.25, 0.3) is 0 Å². The molecule has 3 aromatic rings. The fourth-order valence-corrected chi connectivity index (χ4v) is 2.89. The zero-order chi connectivity index (χ0) is 15.1. The van der Waals surface area contributed by atoms with Crippen molar-refractivity contribution in [3.05, 3.63) is 69.7 Å². The molecule has 0 amide bonds. The molecule has 4 rings (SSSR count). The number of hydrogen-bond donors (Lipinski definition) is 0. The Morgan fingerprint density at radius 2 is 2.09 bits per heavy atom. The van der Waals surface area contributed by atoms with Crippen LogP contribution >= 0.6 is 0 Å².